The number of rotatable bonds is 4. The molecule has 2 rings (SSSR count). The molecule has 1 N–H and O–H groups in total. The molecule has 1 saturated heterocycles. The van der Waals surface area contributed by atoms with E-state index in [0.717, 1.165) is 38.4 Å². The predicted octanol–water partition coefficient (Wildman–Crippen LogP) is 0.335. The minimum atomic E-state index is 0.335. The lowest BCUT2D eigenvalue weighted by Gasteiger charge is -1.97. The Morgan fingerprint density at radius 1 is 1.57 bits per heavy atom. The molecular formula is C9H15N3O2. The van der Waals surface area contributed by atoms with Gasteiger partial charge in [0.05, 0.1) is 6.61 Å². The van der Waals surface area contributed by atoms with Crippen molar-refractivity contribution in [3.05, 3.63) is 11.7 Å². The van der Waals surface area contributed by atoms with E-state index in [1.54, 1.807) is 0 Å². The maximum absolute atomic E-state index is 5.27. The summed E-state index contributed by atoms with van der Waals surface area (Å²) < 4.78 is 10.4. The minimum absolute atomic E-state index is 0.335. The third-order valence-corrected chi connectivity index (χ3v) is 2.37. The third kappa shape index (κ3) is 2.10. The molecule has 0 aliphatic carbocycles. The molecule has 14 heavy (non-hydrogen) atoms. The summed E-state index contributed by atoms with van der Waals surface area (Å²) in [5, 5.41) is 7.00. The molecule has 0 amide bonds. The third-order valence-electron chi connectivity index (χ3n) is 2.37. The van der Waals surface area contributed by atoms with Gasteiger partial charge in [-0.15, -0.1) is 0 Å². The van der Waals surface area contributed by atoms with Gasteiger partial charge >= 0.3 is 0 Å². The van der Waals surface area contributed by atoms with Crippen LogP contribution in [0.2, 0.25) is 0 Å². The van der Waals surface area contributed by atoms with E-state index in [2.05, 4.69) is 15.5 Å². The van der Waals surface area contributed by atoms with Crippen molar-refractivity contribution in [3.63, 3.8) is 0 Å². The van der Waals surface area contributed by atoms with Gasteiger partial charge in [0.1, 0.15) is 0 Å². The second-order valence-electron chi connectivity index (χ2n) is 3.46. The van der Waals surface area contributed by atoms with Crippen molar-refractivity contribution in [2.45, 2.75) is 18.8 Å². The maximum Gasteiger partial charge on any atom is 0.227 e. The Bertz CT molecular complexity index is 281. The lowest BCUT2D eigenvalue weighted by Crippen LogP contribution is -2.10. The molecule has 5 heteroatoms. The van der Waals surface area contributed by atoms with Crippen molar-refractivity contribution in [3.8, 4) is 0 Å². The van der Waals surface area contributed by atoms with Gasteiger partial charge in [-0.1, -0.05) is 5.16 Å². The zero-order valence-electron chi connectivity index (χ0n) is 8.32. The average molecular weight is 197 g/mol. The molecule has 78 valence electrons. The fourth-order valence-corrected chi connectivity index (χ4v) is 1.51. The Balaban J connectivity index is 1.94. The van der Waals surface area contributed by atoms with Crippen LogP contribution in [-0.4, -0.2) is 36.9 Å². The molecule has 2 heterocycles. The summed E-state index contributed by atoms with van der Waals surface area (Å²) in [4.78, 5) is 4.33. The van der Waals surface area contributed by atoms with Crippen molar-refractivity contribution in [1.29, 1.82) is 0 Å². The summed E-state index contributed by atoms with van der Waals surface area (Å²) in [7, 11) is 1.90. The molecule has 0 aromatic carbocycles. The van der Waals surface area contributed by atoms with Gasteiger partial charge in [0.15, 0.2) is 5.82 Å². The van der Waals surface area contributed by atoms with Crippen molar-refractivity contribution < 1.29 is 9.26 Å². The largest absolute Gasteiger partial charge is 0.381 e. The van der Waals surface area contributed by atoms with Gasteiger partial charge in [-0.05, 0) is 13.5 Å². The lowest BCUT2D eigenvalue weighted by molar-refractivity contribution is 0.192. The number of likely N-dealkylation sites (N-methyl/N-ethyl adjacent to an activating group) is 1. The summed E-state index contributed by atoms with van der Waals surface area (Å²) >= 11 is 0. The number of aromatic nitrogens is 2. The van der Waals surface area contributed by atoms with E-state index in [-0.39, 0.29) is 0 Å². The highest BCUT2D eigenvalue weighted by molar-refractivity contribution is 4.97. The molecule has 1 aromatic rings. The quantitative estimate of drug-likeness (QED) is 0.754. The smallest absolute Gasteiger partial charge is 0.227 e. The Labute approximate surface area is 82.8 Å². The molecule has 0 radical (unpaired) electrons. The number of nitrogens with one attached hydrogen (secondary N) is 1. The van der Waals surface area contributed by atoms with E-state index in [4.69, 9.17) is 9.26 Å². The normalized spacial score (nSPS) is 21.6. The standard InChI is InChI=1S/C9H15N3O2/c1-10-4-2-8-11-9(12-14-8)7-3-5-13-6-7/h7,10H,2-6H2,1H3. The summed E-state index contributed by atoms with van der Waals surface area (Å²) in [5.41, 5.74) is 0. The monoisotopic (exact) mass is 197 g/mol. The summed E-state index contributed by atoms with van der Waals surface area (Å²) in [5.74, 6) is 1.84. The van der Waals surface area contributed by atoms with Crippen molar-refractivity contribution in [1.82, 2.24) is 15.5 Å². The zero-order chi connectivity index (χ0) is 9.80. The van der Waals surface area contributed by atoms with Crippen LogP contribution >= 0.6 is 0 Å². The van der Waals surface area contributed by atoms with Crippen molar-refractivity contribution >= 4 is 0 Å². The Hall–Kier alpha value is -0.940. The summed E-state index contributed by atoms with van der Waals surface area (Å²) in [6.07, 6.45) is 1.79. The number of nitrogens with zero attached hydrogens (tertiary/aromatic N) is 2. The van der Waals surface area contributed by atoms with Gasteiger partial charge in [-0.25, -0.2) is 0 Å². The lowest BCUT2D eigenvalue weighted by atomic mass is 10.1. The highest BCUT2D eigenvalue weighted by atomic mass is 16.5. The van der Waals surface area contributed by atoms with Crippen LogP contribution in [0.25, 0.3) is 0 Å². The molecular weight excluding hydrogens is 182 g/mol. The van der Waals surface area contributed by atoms with Crippen LogP contribution in [0.5, 0.6) is 0 Å². The topological polar surface area (TPSA) is 60.2 Å². The van der Waals surface area contributed by atoms with Crippen LogP contribution in [0.15, 0.2) is 4.52 Å². The highest BCUT2D eigenvalue weighted by Gasteiger charge is 2.22. The van der Waals surface area contributed by atoms with Gasteiger partial charge in [0.2, 0.25) is 5.89 Å². The highest BCUT2D eigenvalue weighted by Crippen LogP contribution is 2.22. The van der Waals surface area contributed by atoms with E-state index in [1.807, 2.05) is 7.05 Å². The van der Waals surface area contributed by atoms with E-state index in [1.165, 1.54) is 0 Å². The van der Waals surface area contributed by atoms with Crippen LogP contribution in [0.1, 0.15) is 24.1 Å². The van der Waals surface area contributed by atoms with Crippen LogP contribution in [-0.2, 0) is 11.2 Å². The molecule has 5 nitrogen and oxygen atoms in total. The molecule has 1 aliphatic heterocycles. The summed E-state index contributed by atoms with van der Waals surface area (Å²) in [6.45, 7) is 2.40. The Morgan fingerprint density at radius 3 is 3.21 bits per heavy atom. The molecule has 0 saturated carbocycles. The number of hydrogen-bond donors (Lipinski definition) is 1. The number of ether oxygens (including phenoxy) is 1. The Kier molecular flexibility index (Phi) is 3.10. The number of hydrogen-bond acceptors (Lipinski definition) is 5. The SMILES string of the molecule is CNCCc1nc(C2CCOC2)no1. The fourth-order valence-electron chi connectivity index (χ4n) is 1.51. The fraction of sp³-hybridized carbons (Fsp3) is 0.778. The second-order valence-corrected chi connectivity index (χ2v) is 3.46. The maximum atomic E-state index is 5.27. The van der Waals surface area contributed by atoms with Gasteiger partial charge in [0.25, 0.3) is 0 Å². The van der Waals surface area contributed by atoms with Crippen LogP contribution < -0.4 is 5.32 Å². The average Bonchev–Trinajstić information content (AvgIpc) is 2.85. The van der Waals surface area contributed by atoms with E-state index in [9.17, 15) is 0 Å². The molecule has 1 unspecified atom stereocenters. The van der Waals surface area contributed by atoms with E-state index < -0.39 is 0 Å². The van der Waals surface area contributed by atoms with Crippen LogP contribution in [0, 0.1) is 0 Å². The molecule has 0 spiro atoms. The first-order valence-electron chi connectivity index (χ1n) is 4.95. The van der Waals surface area contributed by atoms with Gasteiger partial charge < -0.3 is 14.6 Å². The molecule has 1 aromatic heterocycles. The summed E-state index contributed by atoms with van der Waals surface area (Å²) in [6, 6.07) is 0. The van der Waals surface area contributed by atoms with E-state index in [0.29, 0.717) is 11.8 Å². The second kappa shape index (κ2) is 4.52. The van der Waals surface area contributed by atoms with Gasteiger partial charge in [-0.3, -0.25) is 0 Å². The Morgan fingerprint density at radius 2 is 2.50 bits per heavy atom. The van der Waals surface area contributed by atoms with Crippen molar-refractivity contribution in [2.24, 2.45) is 0 Å². The molecule has 1 aliphatic rings. The van der Waals surface area contributed by atoms with Crippen LogP contribution in [0.4, 0.5) is 0 Å². The first-order chi connectivity index (χ1) is 6.90. The zero-order valence-corrected chi connectivity index (χ0v) is 8.32. The molecule has 1 fully saturated rings. The minimum Gasteiger partial charge on any atom is -0.381 e. The van der Waals surface area contributed by atoms with Gasteiger partial charge in [0, 0.05) is 25.5 Å². The first kappa shape index (κ1) is 9.61. The first-order valence-corrected chi connectivity index (χ1v) is 4.95. The molecule has 1 atom stereocenters. The molecule has 0 bridgehead atoms. The van der Waals surface area contributed by atoms with E-state index >= 15 is 0 Å². The van der Waals surface area contributed by atoms with Crippen LogP contribution in [0.3, 0.4) is 0 Å². The predicted molar refractivity (Wildman–Crippen MR) is 50.1 cm³/mol. The van der Waals surface area contributed by atoms with Gasteiger partial charge in [-0.2, -0.15) is 4.98 Å². The van der Waals surface area contributed by atoms with Crippen molar-refractivity contribution in [2.75, 3.05) is 26.8 Å².